The topological polar surface area (TPSA) is 116 Å². The third kappa shape index (κ3) is 18.8. The summed E-state index contributed by atoms with van der Waals surface area (Å²) in [5.74, 6) is 0. The summed E-state index contributed by atoms with van der Waals surface area (Å²) in [6.07, 6.45) is 15.0. The van der Waals surface area contributed by atoms with Crippen LogP contribution >= 0.6 is 0 Å². The first-order valence-electron chi connectivity index (χ1n) is 9.91. The van der Waals surface area contributed by atoms with Gasteiger partial charge in [-0.25, -0.2) is 9.97 Å². The standard InChI is InChI=1S/C5H11N.C4H9NO.C4H9N.C3H4N2.C2H3N3/c1-2-4-6-5-3-1;1-3-6-4-2-5-1;1-2-4-5-3-1;1-2-5-3-4-1;1-3-2-5-4-1/h6H,1-5H2;5H,1-4H2;5H,1-4H2;1-3H,(H,4,5);1-2H,(H,3,4,5). The molecule has 0 atom stereocenters. The third-order valence-electron chi connectivity index (χ3n) is 3.75. The first-order valence-corrected chi connectivity index (χ1v) is 9.91. The first-order chi connectivity index (χ1) is 13.5. The van der Waals surface area contributed by atoms with Crippen LogP contribution in [0.15, 0.2) is 31.4 Å². The van der Waals surface area contributed by atoms with E-state index in [1.807, 2.05) is 0 Å². The smallest absolute Gasteiger partial charge is 0.137 e. The van der Waals surface area contributed by atoms with E-state index in [0.29, 0.717) is 0 Å². The normalized spacial score (nSPS) is 18.1. The molecule has 9 heteroatoms. The number of aromatic amines is 2. The predicted octanol–water partition coefficient (Wildman–Crippen LogP) is 0.950. The van der Waals surface area contributed by atoms with E-state index < -0.39 is 0 Å². The Kier molecular flexibility index (Phi) is 17.6. The summed E-state index contributed by atoms with van der Waals surface area (Å²) in [5, 5.41) is 15.7. The molecule has 0 aromatic carbocycles. The Balaban J connectivity index is 0.000000169. The zero-order valence-electron chi connectivity index (χ0n) is 16.3. The largest absolute Gasteiger partial charge is 0.379 e. The lowest BCUT2D eigenvalue weighted by Crippen LogP contribution is -2.30. The summed E-state index contributed by atoms with van der Waals surface area (Å²) in [4.78, 5) is 9.97. The fourth-order valence-corrected chi connectivity index (χ4v) is 2.32. The molecule has 0 radical (unpaired) electrons. The average Bonchev–Trinajstić information content (AvgIpc) is 3.58. The van der Waals surface area contributed by atoms with E-state index >= 15 is 0 Å². The van der Waals surface area contributed by atoms with Crippen molar-refractivity contribution in [1.29, 1.82) is 0 Å². The highest BCUT2D eigenvalue weighted by molar-refractivity contribution is 4.64. The van der Waals surface area contributed by atoms with Crippen molar-refractivity contribution in [1.82, 2.24) is 41.1 Å². The maximum atomic E-state index is 5.01. The van der Waals surface area contributed by atoms with E-state index in [0.717, 1.165) is 26.3 Å². The molecule has 3 aliphatic rings. The Morgan fingerprint density at radius 2 is 1.30 bits per heavy atom. The number of nitrogens with zero attached hydrogens (tertiary/aromatic N) is 3. The van der Waals surface area contributed by atoms with Gasteiger partial charge in [-0.05, 0) is 51.9 Å². The fraction of sp³-hybridized carbons (Fsp3) is 0.722. The molecule has 0 aliphatic carbocycles. The van der Waals surface area contributed by atoms with Crippen molar-refractivity contribution >= 4 is 0 Å². The Hall–Kier alpha value is -1.81. The van der Waals surface area contributed by atoms with Crippen molar-refractivity contribution in [3.05, 3.63) is 31.4 Å². The van der Waals surface area contributed by atoms with Gasteiger partial charge in [-0.15, -0.1) is 0 Å². The second-order valence-electron chi connectivity index (χ2n) is 6.04. The Labute approximate surface area is 162 Å². The van der Waals surface area contributed by atoms with E-state index in [2.05, 4.69) is 41.1 Å². The predicted molar refractivity (Wildman–Crippen MR) is 107 cm³/mol. The van der Waals surface area contributed by atoms with E-state index in [4.69, 9.17) is 4.74 Å². The molecule has 0 amide bonds. The van der Waals surface area contributed by atoms with Crippen LogP contribution in [0.4, 0.5) is 0 Å². The van der Waals surface area contributed by atoms with Crippen LogP contribution in [0.5, 0.6) is 0 Å². The van der Waals surface area contributed by atoms with Gasteiger partial charge in [-0.3, -0.25) is 5.10 Å². The summed E-state index contributed by atoms with van der Waals surface area (Å²) in [6, 6.07) is 0. The van der Waals surface area contributed by atoms with Crippen LogP contribution in [0.2, 0.25) is 0 Å². The summed E-state index contributed by atoms with van der Waals surface area (Å²) in [7, 11) is 0. The van der Waals surface area contributed by atoms with Crippen LogP contribution in [-0.4, -0.2) is 77.6 Å². The van der Waals surface area contributed by atoms with Crippen LogP contribution in [0.25, 0.3) is 0 Å². The van der Waals surface area contributed by atoms with Crippen molar-refractivity contribution in [3.8, 4) is 0 Å². The molecule has 0 unspecified atom stereocenters. The van der Waals surface area contributed by atoms with E-state index in [1.165, 1.54) is 70.9 Å². The highest BCUT2D eigenvalue weighted by Gasteiger charge is 1.94. The second kappa shape index (κ2) is 20.5. The third-order valence-corrected chi connectivity index (χ3v) is 3.75. The molecule has 5 rings (SSSR count). The van der Waals surface area contributed by atoms with Gasteiger partial charge in [0, 0.05) is 25.5 Å². The Morgan fingerprint density at radius 1 is 0.667 bits per heavy atom. The highest BCUT2D eigenvalue weighted by atomic mass is 16.5. The van der Waals surface area contributed by atoms with Gasteiger partial charge >= 0.3 is 0 Å². The molecule has 0 saturated carbocycles. The molecule has 5 heterocycles. The van der Waals surface area contributed by atoms with Gasteiger partial charge in [-0.2, -0.15) is 5.10 Å². The molecule has 154 valence electrons. The molecule has 5 N–H and O–H groups in total. The molecule has 3 aliphatic heterocycles. The number of nitrogens with one attached hydrogen (secondary N) is 5. The molecule has 0 bridgehead atoms. The van der Waals surface area contributed by atoms with Crippen LogP contribution < -0.4 is 16.0 Å². The molecule has 2 aromatic heterocycles. The van der Waals surface area contributed by atoms with Crippen LogP contribution in [0, 0.1) is 0 Å². The van der Waals surface area contributed by atoms with E-state index in [9.17, 15) is 0 Å². The van der Waals surface area contributed by atoms with Gasteiger partial charge in [0.25, 0.3) is 0 Å². The Morgan fingerprint density at radius 3 is 1.48 bits per heavy atom. The lowest BCUT2D eigenvalue weighted by Gasteiger charge is -2.10. The van der Waals surface area contributed by atoms with Crippen LogP contribution in [0.1, 0.15) is 32.1 Å². The van der Waals surface area contributed by atoms with Crippen molar-refractivity contribution < 1.29 is 4.74 Å². The fourth-order valence-electron chi connectivity index (χ4n) is 2.32. The zero-order chi connectivity index (χ0) is 19.1. The van der Waals surface area contributed by atoms with Crippen molar-refractivity contribution in [2.24, 2.45) is 0 Å². The number of morpholine rings is 1. The van der Waals surface area contributed by atoms with Crippen LogP contribution in [0.3, 0.4) is 0 Å². The number of imidazole rings is 1. The highest BCUT2D eigenvalue weighted by Crippen LogP contribution is 1.96. The number of H-pyrrole nitrogens is 2. The van der Waals surface area contributed by atoms with E-state index in [-0.39, 0.29) is 0 Å². The molecule has 3 fully saturated rings. The minimum absolute atomic E-state index is 0.889. The van der Waals surface area contributed by atoms with Gasteiger partial charge in [0.2, 0.25) is 0 Å². The summed E-state index contributed by atoms with van der Waals surface area (Å²) in [6.45, 7) is 8.83. The van der Waals surface area contributed by atoms with Gasteiger partial charge in [-0.1, -0.05) is 6.42 Å². The number of rotatable bonds is 0. The molecule has 27 heavy (non-hydrogen) atoms. The minimum Gasteiger partial charge on any atom is -0.379 e. The molecular weight excluding hydrogens is 344 g/mol. The SMILES string of the molecule is C1CCNC1.C1CCNCC1.C1COCCN1.c1c[nH]cn1.c1nc[nH]n1. The first kappa shape index (κ1) is 23.2. The number of ether oxygens (including phenoxy) is 1. The molecule has 0 spiro atoms. The van der Waals surface area contributed by atoms with Crippen LogP contribution in [-0.2, 0) is 4.74 Å². The molecule has 2 aromatic rings. The van der Waals surface area contributed by atoms with Gasteiger partial charge in [0.1, 0.15) is 12.7 Å². The van der Waals surface area contributed by atoms with Gasteiger partial charge in [0.15, 0.2) is 0 Å². The van der Waals surface area contributed by atoms with Gasteiger partial charge < -0.3 is 25.7 Å². The molecule has 3 saturated heterocycles. The molecular formula is C18H36N8O. The van der Waals surface area contributed by atoms with Gasteiger partial charge in [0.05, 0.1) is 19.5 Å². The van der Waals surface area contributed by atoms with E-state index in [1.54, 1.807) is 18.7 Å². The Bertz CT molecular complexity index is 337. The summed E-state index contributed by atoms with van der Waals surface area (Å²) in [5.41, 5.74) is 0. The summed E-state index contributed by atoms with van der Waals surface area (Å²) < 4.78 is 5.01. The maximum Gasteiger partial charge on any atom is 0.137 e. The number of hydrogen-bond donors (Lipinski definition) is 5. The average molecular weight is 381 g/mol. The maximum absolute atomic E-state index is 5.01. The number of piperidine rings is 1. The quantitative estimate of drug-likeness (QED) is 0.462. The number of aromatic nitrogens is 5. The van der Waals surface area contributed by atoms with Crippen molar-refractivity contribution in [2.45, 2.75) is 32.1 Å². The minimum atomic E-state index is 0.889. The zero-order valence-corrected chi connectivity index (χ0v) is 16.3. The lowest BCUT2D eigenvalue weighted by atomic mass is 10.2. The summed E-state index contributed by atoms with van der Waals surface area (Å²) >= 11 is 0. The second-order valence-corrected chi connectivity index (χ2v) is 6.04. The van der Waals surface area contributed by atoms with Crippen molar-refractivity contribution in [2.75, 3.05) is 52.5 Å². The van der Waals surface area contributed by atoms with Crippen molar-refractivity contribution in [3.63, 3.8) is 0 Å². The monoisotopic (exact) mass is 380 g/mol. The molecule has 9 nitrogen and oxygen atoms in total. The lowest BCUT2D eigenvalue weighted by molar-refractivity contribution is 0.109. The number of hydrogen-bond acceptors (Lipinski definition) is 7.